The van der Waals surface area contributed by atoms with Crippen LogP contribution in [0.3, 0.4) is 0 Å². The molecule has 2 heterocycles. The molecule has 0 saturated carbocycles. The Bertz CT molecular complexity index is 709. The standard InChI is InChI=1S/C15H17IN2O2/c1-15(2)6-5-11(20-15)8-18-9-17-13-4-3-10(16)7-12(13)14(18)19/h3-4,7,9,11H,5-6,8H2,1-2H3. The molecular weight excluding hydrogens is 367 g/mol. The summed E-state index contributed by atoms with van der Waals surface area (Å²) in [6, 6.07) is 5.74. The Morgan fingerprint density at radius 1 is 1.50 bits per heavy atom. The summed E-state index contributed by atoms with van der Waals surface area (Å²) in [7, 11) is 0. The highest BCUT2D eigenvalue weighted by Gasteiger charge is 2.31. The van der Waals surface area contributed by atoms with Gasteiger partial charge in [-0.3, -0.25) is 9.36 Å². The molecule has 0 spiro atoms. The van der Waals surface area contributed by atoms with E-state index in [2.05, 4.69) is 41.4 Å². The van der Waals surface area contributed by atoms with Crippen LogP contribution >= 0.6 is 22.6 Å². The van der Waals surface area contributed by atoms with Gasteiger partial charge < -0.3 is 4.74 Å². The molecule has 106 valence electrons. The van der Waals surface area contributed by atoms with Gasteiger partial charge in [0.2, 0.25) is 0 Å². The number of fused-ring (bicyclic) bond motifs is 1. The maximum absolute atomic E-state index is 12.5. The Hall–Kier alpha value is -0.950. The van der Waals surface area contributed by atoms with E-state index in [1.807, 2.05) is 18.2 Å². The first-order valence-electron chi connectivity index (χ1n) is 6.77. The molecule has 1 fully saturated rings. The van der Waals surface area contributed by atoms with Gasteiger partial charge >= 0.3 is 0 Å². The van der Waals surface area contributed by atoms with Crippen molar-refractivity contribution in [3.8, 4) is 0 Å². The maximum atomic E-state index is 12.5. The zero-order chi connectivity index (χ0) is 14.3. The van der Waals surface area contributed by atoms with E-state index in [4.69, 9.17) is 4.74 Å². The predicted octanol–water partition coefficient (Wildman–Crippen LogP) is 2.96. The molecule has 1 saturated heterocycles. The molecule has 2 aromatic rings. The number of ether oxygens (including phenoxy) is 1. The molecule has 0 aliphatic carbocycles. The Labute approximate surface area is 131 Å². The van der Waals surface area contributed by atoms with Crippen molar-refractivity contribution >= 4 is 33.5 Å². The molecule has 1 unspecified atom stereocenters. The van der Waals surface area contributed by atoms with E-state index in [0.29, 0.717) is 11.9 Å². The van der Waals surface area contributed by atoms with E-state index in [1.54, 1.807) is 10.9 Å². The number of aromatic nitrogens is 2. The molecule has 1 atom stereocenters. The zero-order valence-electron chi connectivity index (χ0n) is 11.6. The quantitative estimate of drug-likeness (QED) is 0.748. The van der Waals surface area contributed by atoms with Gasteiger partial charge in [-0.05, 0) is 67.5 Å². The highest BCUT2D eigenvalue weighted by molar-refractivity contribution is 14.1. The van der Waals surface area contributed by atoms with Gasteiger partial charge in [-0.2, -0.15) is 0 Å². The van der Waals surface area contributed by atoms with Crippen LogP contribution in [-0.4, -0.2) is 21.3 Å². The lowest BCUT2D eigenvalue weighted by molar-refractivity contribution is -0.0221. The summed E-state index contributed by atoms with van der Waals surface area (Å²) in [5.74, 6) is 0. The van der Waals surface area contributed by atoms with Gasteiger partial charge in [0, 0.05) is 3.57 Å². The van der Waals surface area contributed by atoms with Crippen LogP contribution in [-0.2, 0) is 11.3 Å². The van der Waals surface area contributed by atoms with Crippen LogP contribution < -0.4 is 5.56 Å². The fraction of sp³-hybridized carbons (Fsp3) is 0.467. The number of benzene rings is 1. The van der Waals surface area contributed by atoms with Crippen LogP contribution in [0.2, 0.25) is 0 Å². The molecule has 5 heteroatoms. The minimum absolute atomic E-state index is 0.0156. The second-order valence-corrected chi connectivity index (χ2v) is 7.15. The van der Waals surface area contributed by atoms with Crippen molar-refractivity contribution in [2.24, 2.45) is 0 Å². The summed E-state index contributed by atoms with van der Waals surface area (Å²) in [6.07, 6.45) is 3.76. The van der Waals surface area contributed by atoms with Crippen molar-refractivity contribution in [2.45, 2.75) is 44.9 Å². The monoisotopic (exact) mass is 384 g/mol. The number of hydrogen-bond donors (Lipinski definition) is 0. The minimum atomic E-state index is -0.0755. The number of rotatable bonds is 2. The van der Waals surface area contributed by atoms with Gasteiger partial charge in [0.15, 0.2) is 0 Å². The highest BCUT2D eigenvalue weighted by atomic mass is 127. The Balaban J connectivity index is 1.93. The van der Waals surface area contributed by atoms with Crippen LogP contribution in [0.4, 0.5) is 0 Å². The predicted molar refractivity (Wildman–Crippen MR) is 86.9 cm³/mol. The maximum Gasteiger partial charge on any atom is 0.261 e. The van der Waals surface area contributed by atoms with Crippen molar-refractivity contribution in [1.29, 1.82) is 0 Å². The number of hydrogen-bond acceptors (Lipinski definition) is 3. The van der Waals surface area contributed by atoms with Crippen LogP contribution in [0.1, 0.15) is 26.7 Å². The van der Waals surface area contributed by atoms with Crippen LogP contribution in [0, 0.1) is 3.57 Å². The normalized spacial score (nSPS) is 21.4. The van der Waals surface area contributed by atoms with Gasteiger partial charge in [-0.25, -0.2) is 4.98 Å². The van der Waals surface area contributed by atoms with E-state index in [1.165, 1.54) is 0 Å². The zero-order valence-corrected chi connectivity index (χ0v) is 13.8. The van der Waals surface area contributed by atoms with Crippen molar-refractivity contribution in [3.05, 3.63) is 38.5 Å². The summed E-state index contributed by atoms with van der Waals surface area (Å²) < 4.78 is 8.67. The average molecular weight is 384 g/mol. The Morgan fingerprint density at radius 2 is 2.30 bits per heavy atom. The average Bonchev–Trinajstić information content (AvgIpc) is 2.73. The van der Waals surface area contributed by atoms with Crippen molar-refractivity contribution in [3.63, 3.8) is 0 Å². The molecular formula is C15H17IN2O2. The molecule has 4 nitrogen and oxygen atoms in total. The summed E-state index contributed by atoms with van der Waals surface area (Å²) in [4.78, 5) is 16.9. The van der Waals surface area contributed by atoms with E-state index < -0.39 is 0 Å². The third kappa shape index (κ3) is 2.74. The molecule has 1 aliphatic heterocycles. The Kier molecular flexibility index (Phi) is 3.58. The van der Waals surface area contributed by atoms with Gasteiger partial charge in [-0.1, -0.05) is 0 Å². The van der Waals surface area contributed by atoms with E-state index in [-0.39, 0.29) is 17.3 Å². The summed E-state index contributed by atoms with van der Waals surface area (Å²) in [5.41, 5.74) is 0.689. The first kappa shape index (κ1) is 14.0. The topological polar surface area (TPSA) is 44.1 Å². The van der Waals surface area contributed by atoms with E-state index >= 15 is 0 Å². The lowest BCUT2D eigenvalue weighted by atomic mass is 10.1. The first-order chi connectivity index (χ1) is 9.44. The van der Waals surface area contributed by atoms with Gasteiger partial charge in [0.05, 0.1) is 35.5 Å². The van der Waals surface area contributed by atoms with Crippen molar-refractivity contribution in [1.82, 2.24) is 9.55 Å². The fourth-order valence-electron chi connectivity index (χ4n) is 2.69. The van der Waals surface area contributed by atoms with Crippen LogP contribution in [0.15, 0.2) is 29.3 Å². The molecule has 20 heavy (non-hydrogen) atoms. The third-order valence-electron chi connectivity index (χ3n) is 3.74. The number of halogens is 1. The molecule has 0 bridgehead atoms. The second kappa shape index (κ2) is 5.11. The second-order valence-electron chi connectivity index (χ2n) is 5.90. The third-order valence-corrected chi connectivity index (χ3v) is 4.41. The van der Waals surface area contributed by atoms with Gasteiger partial charge in [-0.15, -0.1) is 0 Å². The van der Waals surface area contributed by atoms with E-state index in [9.17, 15) is 4.79 Å². The largest absolute Gasteiger partial charge is 0.370 e. The number of nitrogens with zero attached hydrogens (tertiary/aromatic N) is 2. The van der Waals surface area contributed by atoms with Crippen LogP contribution in [0.5, 0.6) is 0 Å². The van der Waals surface area contributed by atoms with Gasteiger partial charge in [0.25, 0.3) is 5.56 Å². The summed E-state index contributed by atoms with van der Waals surface area (Å²) in [6.45, 7) is 4.77. The van der Waals surface area contributed by atoms with Crippen molar-refractivity contribution < 1.29 is 4.74 Å². The van der Waals surface area contributed by atoms with E-state index in [0.717, 1.165) is 21.9 Å². The molecule has 1 aromatic carbocycles. The SMILES string of the molecule is CC1(C)CCC(Cn2cnc3ccc(I)cc3c2=O)O1. The lowest BCUT2D eigenvalue weighted by Crippen LogP contribution is -2.28. The molecule has 0 radical (unpaired) electrons. The Morgan fingerprint density at radius 3 is 3.00 bits per heavy atom. The molecule has 1 aliphatic rings. The molecule has 1 aromatic heterocycles. The highest BCUT2D eigenvalue weighted by Crippen LogP contribution is 2.29. The summed E-state index contributed by atoms with van der Waals surface area (Å²) in [5, 5.41) is 0.677. The molecule has 0 N–H and O–H groups in total. The summed E-state index contributed by atoms with van der Waals surface area (Å²) >= 11 is 2.21. The van der Waals surface area contributed by atoms with Crippen molar-refractivity contribution in [2.75, 3.05) is 0 Å². The fourth-order valence-corrected chi connectivity index (χ4v) is 3.18. The first-order valence-corrected chi connectivity index (χ1v) is 7.85. The van der Waals surface area contributed by atoms with Gasteiger partial charge in [0.1, 0.15) is 0 Å². The minimum Gasteiger partial charge on any atom is -0.370 e. The smallest absolute Gasteiger partial charge is 0.261 e. The van der Waals surface area contributed by atoms with Crippen LogP contribution in [0.25, 0.3) is 10.9 Å². The lowest BCUT2D eigenvalue weighted by Gasteiger charge is -2.19. The molecule has 0 amide bonds. The molecule has 3 rings (SSSR count).